The summed E-state index contributed by atoms with van der Waals surface area (Å²) >= 11 is 5.77. The Morgan fingerprint density at radius 1 is 1.18 bits per heavy atom. The Morgan fingerprint density at radius 3 is 2.68 bits per heavy atom. The number of nitrogens with one attached hydrogen (secondary N) is 2. The van der Waals surface area contributed by atoms with Gasteiger partial charge in [0.1, 0.15) is 10.9 Å². The van der Waals surface area contributed by atoms with Gasteiger partial charge in [-0.05, 0) is 42.7 Å². The predicted octanol–water partition coefficient (Wildman–Crippen LogP) is 3.97. The van der Waals surface area contributed by atoms with Gasteiger partial charge in [0, 0.05) is 19.3 Å². The molecule has 2 N–H and O–H groups in total. The normalized spacial score (nSPS) is 12.0. The largest absolute Gasteiger partial charge is 0.484 e. The van der Waals surface area contributed by atoms with Crippen molar-refractivity contribution in [3.05, 3.63) is 58.9 Å². The van der Waals surface area contributed by atoms with Crippen LogP contribution in [0.2, 0.25) is 5.15 Å². The van der Waals surface area contributed by atoms with E-state index in [2.05, 4.69) is 20.6 Å². The maximum atomic E-state index is 12.3. The van der Waals surface area contributed by atoms with Gasteiger partial charge in [0.05, 0.1) is 6.54 Å². The summed E-state index contributed by atoms with van der Waals surface area (Å²) in [5.74, 6) is 0.782. The van der Waals surface area contributed by atoms with E-state index in [0.717, 1.165) is 17.5 Å². The number of ether oxygens (including phenoxy) is 1. The SMILES string of the molecule is CCNC(=NCc1cccc(OCC(F)(F)F)c1)NCCc1ccc(Cl)nc1. The maximum absolute atomic E-state index is 12.3. The van der Waals surface area contributed by atoms with E-state index in [0.29, 0.717) is 30.7 Å². The highest BCUT2D eigenvalue weighted by Gasteiger charge is 2.28. The Hall–Kier alpha value is -2.48. The first-order chi connectivity index (χ1) is 13.4. The Labute approximate surface area is 167 Å². The minimum Gasteiger partial charge on any atom is -0.484 e. The monoisotopic (exact) mass is 414 g/mol. The molecule has 0 unspecified atom stereocenters. The number of halogens is 4. The molecule has 1 aromatic heterocycles. The van der Waals surface area contributed by atoms with Crippen molar-refractivity contribution >= 4 is 17.6 Å². The molecule has 0 spiro atoms. The average Bonchev–Trinajstić information content (AvgIpc) is 2.66. The second-order valence-electron chi connectivity index (χ2n) is 5.91. The minimum absolute atomic E-state index is 0.165. The quantitative estimate of drug-likeness (QED) is 0.390. The third-order valence-electron chi connectivity index (χ3n) is 3.56. The highest BCUT2D eigenvalue weighted by molar-refractivity contribution is 6.29. The maximum Gasteiger partial charge on any atom is 0.422 e. The van der Waals surface area contributed by atoms with Crippen molar-refractivity contribution in [2.24, 2.45) is 4.99 Å². The molecule has 2 rings (SSSR count). The van der Waals surface area contributed by atoms with E-state index in [1.165, 1.54) is 6.07 Å². The van der Waals surface area contributed by atoms with Crippen molar-refractivity contribution in [2.75, 3.05) is 19.7 Å². The zero-order valence-corrected chi connectivity index (χ0v) is 16.1. The van der Waals surface area contributed by atoms with Crippen molar-refractivity contribution in [2.45, 2.75) is 26.1 Å². The zero-order chi connectivity index (χ0) is 20.4. The van der Waals surface area contributed by atoms with Crippen molar-refractivity contribution in [1.82, 2.24) is 15.6 Å². The fourth-order valence-electron chi connectivity index (χ4n) is 2.29. The van der Waals surface area contributed by atoms with Crippen molar-refractivity contribution in [1.29, 1.82) is 0 Å². The minimum atomic E-state index is -4.37. The molecule has 0 radical (unpaired) electrons. The number of benzene rings is 1. The molecule has 9 heteroatoms. The van der Waals surface area contributed by atoms with E-state index in [9.17, 15) is 13.2 Å². The van der Waals surface area contributed by atoms with Crippen LogP contribution >= 0.6 is 11.6 Å². The third kappa shape index (κ3) is 8.47. The van der Waals surface area contributed by atoms with Crippen molar-refractivity contribution in [3.63, 3.8) is 0 Å². The average molecular weight is 415 g/mol. The van der Waals surface area contributed by atoms with Gasteiger partial charge in [-0.25, -0.2) is 9.98 Å². The summed E-state index contributed by atoms with van der Waals surface area (Å²) < 4.78 is 41.6. The van der Waals surface area contributed by atoms with Crippen LogP contribution in [0.5, 0.6) is 5.75 Å². The van der Waals surface area contributed by atoms with Crippen molar-refractivity contribution in [3.8, 4) is 5.75 Å². The second kappa shape index (κ2) is 10.8. The van der Waals surface area contributed by atoms with Gasteiger partial charge in [0.2, 0.25) is 0 Å². The molecular weight excluding hydrogens is 393 g/mol. The van der Waals surface area contributed by atoms with E-state index >= 15 is 0 Å². The summed E-state index contributed by atoms with van der Waals surface area (Å²) in [5, 5.41) is 6.79. The predicted molar refractivity (Wildman–Crippen MR) is 104 cm³/mol. The van der Waals surface area contributed by atoms with Gasteiger partial charge < -0.3 is 15.4 Å². The summed E-state index contributed by atoms with van der Waals surface area (Å²) in [7, 11) is 0. The molecule has 0 aliphatic heterocycles. The first kappa shape index (κ1) is 21.8. The van der Waals surface area contributed by atoms with Crippen LogP contribution in [0, 0.1) is 0 Å². The van der Waals surface area contributed by atoms with Crippen LogP contribution in [0.4, 0.5) is 13.2 Å². The lowest BCUT2D eigenvalue weighted by Crippen LogP contribution is -2.38. The molecule has 152 valence electrons. The number of aliphatic imine (C=N–C) groups is 1. The van der Waals surface area contributed by atoms with Gasteiger partial charge in [-0.15, -0.1) is 0 Å². The highest BCUT2D eigenvalue weighted by Crippen LogP contribution is 2.19. The lowest BCUT2D eigenvalue weighted by Gasteiger charge is -2.12. The van der Waals surface area contributed by atoms with Gasteiger partial charge >= 0.3 is 6.18 Å². The van der Waals surface area contributed by atoms with Gasteiger partial charge in [-0.1, -0.05) is 29.8 Å². The number of hydrogen-bond donors (Lipinski definition) is 2. The van der Waals surface area contributed by atoms with Gasteiger partial charge in [0.15, 0.2) is 12.6 Å². The third-order valence-corrected chi connectivity index (χ3v) is 3.78. The smallest absolute Gasteiger partial charge is 0.422 e. The van der Waals surface area contributed by atoms with Crippen molar-refractivity contribution < 1.29 is 17.9 Å². The molecule has 1 heterocycles. The van der Waals surface area contributed by atoms with E-state index < -0.39 is 12.8 Å². The van der Waals surface area contributed by atoms with Crippen LogP contribution < -0.4 is 15.4 Å². The van der Waals surface area contributed by atoms with E-state index in [-0.39, 0.29) is 5.75 Å². The summed E-state index contributed by atoms with van der Waals surface area (Å²) in [6.45, 7) is 2.27. The second-order valence-corrected chi connectivity index (χ2v) is 6.30. The number of nitrogens with zero attached hydrogens (tertiary/aromatic N) is 2. The Kier molecular flexibility index (Phi) is 8.38. The highest BCUT2D eigenvalue weighted by atomic mass is 35.5. The molecule has 0 saturated heterocycles. The van der Waals surface area contributed by atoms with Crippen LogP contribution in [0.15, 0.2) is 47.6 Å². The molecule has 28 heavy (non-hydrogen) atoms. The molecule has 0 aliphatic rings. The lowest BCUT2D eigenvalue weighted by atomic mass is 10.2. The summed E-state index contributed by atoms with van der Waals surface area (Å²) in [4.78, 5) is 8.50. The molecule has 2 aromatic rings. The lowest BCUT2D eigenvalue weighted by molar-refractivity contribution is -0.153. The standard InChI is InChI=1S/C19H22ClF3N4O/c1-2-24-18(25-9-8-14-6-7-17(20)26-11-14)27-12-15-4-3-5-16(10-15)28-13-19(21,22)23/h3-7,10-11H,2,8-9,12-13H2,1H3,(H2,24,25,27). The molecule has 0 amide bonds. The van der Waals surface area contributed by atoms with E-state index in [1.807, 2.05) is 13.0 Å². The molecule has 5 nitrogen and oxygen atoms in total. The van der Waals surface area contributed by atoms with Crippen LogP contribution in [0.25, 0.3) is 0 Å². The Morgan fingerprint density at radius 2 is 2.00 bits per heavy atom. The molecule has 0 bridgehead atoms. The number of rotatable bonds is 8. The summed E-state index contributed by atoms with van der Waals surface area (Å²) in [6.07, 6.45) is -1.90. The first-order valence-corrected chi connectivity index (χ1v) is 9.14. The fourth-order valence-corrected chi connectivity index (χ4v) is 2.40. The van der Waals surface area contributed by atoms with Crippen LogP contribution in [0.3, 0.4) is 0 Å². The number of pyridine rings is 1. The van der Waals surface area contributed by atoms with Gasteiger partial charge in [-0.2, -0.15) is 13.2 Å². The zero-order valence-electron chi connectivity index (χ0n) is 15.4. The van der Waals surface area contributed by atoms with E-state index in [1.54, 1.807) is 30.5 Å². The molecule has 0 fully saturated rings. The topological polar surface area (TPSA) is 58.5 Å². The summed E-state index contributed by atoms with van der Waals surface area (Å²) in [5.41, 5.74) is 1.79. The number of guanidine groups is 1. The van der Waals surface area contributed by atoms with Crippen LogP contribution in [-0.4, -0.2) is 36.8 Å². The molecule has 0 aliphatic carbocycles. The van der Waals surface area contributed by atoms with E-state index in [4.69, 9.17) is 16.3 Å². The Balaban J connectivity index is 1.89. The molecule has 1 aromatic carbocycles. The first-order valence-electron chi connectivity index (χ1n) is 8.77. The van der Waals surface area contributed by atoms with Crippen LogP contribution in [-0.2, 0) is 13.0 Å². The van der Waals surface area contributed by atoms with Crippen LogP contribution in [0.1, 0.15) is 18.1 Å². The fraction of sp³-hybridized carbons (Fsp3) is 0.368. The van der Waals surface area contributed by atoms with Gasteiger partial charge in [-0.3, -0.25) is 0 Å². The Bertz CT molecular complexity index is 767. The molecule has 0 atom stereocenters. The number of hydrogen-bond acceptors (Lipinski definition) is 3. The molecule has 0 saturated carbocycles. The van der Waals surface area contributed by atoms with Gasteiger partial charge in [0.25, 0.3) is 0 Å². The summed E-state index contributed by atoms with van der Waals surface area (Å²) in [6, 6.07) is 10.1. The molecular formula is C19H22ClF3N4O. The number of alkyl halides is 3. The number of aromatic nitrogens is 1.